The van der Waals surface area contributed by atoms with E-state index in [4.69, 9.17) is 14.7 Å². The molecule has 2 aliphatic heterocycles. The van der Waals surface area contributed by atoms with Crippen LogP contribution in [0.5, 0.6) is 0 Å². The molecule has 5 rings (SSSR count). The van der Waals surface area contributed by atoms with E-state index in [1.165, 1.54) is 11.2 Å². The molecule has 3 aromatic rings. The van der Waals surface area contributed by atoms with Gasteiger partial charge in [-0.05, 0) is 62.1 Å². The van der Waals surface area contributed by atoms with E-state index in [0.29, 0.717) is 42.5 Å². The van der Waals surface area contributed by atoms with E-state index in [9.17, 15) is 18.3 Å². The first-order valence-corrected chi connectivity index (χ1v) is 14.5. The first-order valence-electron chi connectivity index (χ1n) is 12.6. The van der Waals surface area contributed by atoms with Gasteiger partial charge in [0.15, 0.2) is 9.84 Å². The van der Waals surface area contributed by atoms with E-state index in [1.807, 2.05) is 37.3 Å². The number of nitrogens with zero attached hydrogens (tertiary/aromatic N) is 4. The number of morpholine rings is 1. The molecule has 0 saturated carbocycles. The maximum Gasteiger partial charge on any atom is 0.407 e. The molecule has 5 heterocycles. The van der Waals surface area contributed by atoms with E-state index < -0.39 is 20.7 Å². The number of sulfone groups is 1. The number of amides is 1. The largest absolute Gasteiger partial charge is 0.465 e. The molecule has 0 aromatic carbocycles. The minimum absolute atomic E-state index is 0.121. The second-order valence-electron chi connectivity index (χ2n) is 10.0. The first kappa shape index (κ1) is 25.5. The second kappa shape index (κ2) is 9.60. The van der Waals surface area contributed by atoms with Crippen LogP contribution >= 0.6 is 0 Å². The fraction of sp³-hybridized carbons (Fsp3) is 0.500. The highest BCUT2D eigenvalue weighted by molar-refractivity contribution is 7.91. The molecule has 1 amide bonds. The van der Waals surface area contributed by atoms with Gasteiger partial charge in [-0.1, -0.05) is 6.92 Å². The van der Waals surface area contributed by atoms with Gasteiger partial charge < -0.3 is 24.6 Å². The molecule has 11 heteroatoms. The Balaban J connectivity index is 1.68. The number of aryl methyl sites for hydroxylation is 1. The Bertz CT molecular complexity index is 1430. The number of hydrogen-bond donors (Lipinski definition) is 2. The second-order valence-corrected chi connectivity index (χ2v) is 12.4. The Hall–Kier alpha value is -3.18. The lowest BCUT2D eigenvalue weighted by molar-refractivity contribution is 0.0925. The third kappa shape index (κ3) is 4.66. The van der Waals surface area contributed by atoms with Crippen LogP contribution in [0.25, 0.3) is 22.4 Å². The summed E-state index contributed by atoms with van der Waals surface area (Å²) in [6, 6.07) is 9.66. The molecule has 198 valence electrons. The van der Waals surface area contributed by atoms with E-state index in [1.54, 1.807) is 0 Å². The average molecular weight is 528 g/mol. The molecule has 1 unspecified atom stereocenters. The van der Waals surface area contributed by atoms with Crippen LogP contribution in [-0.4, -0.2) is 84.6 Å². The van der Waals surface area contributed by atoms with E-state index in [2.05, 4.69) is 16.8 Å². The molecule has 3 aromatic heterocycles. The lowest BCUT2D eigenvalue weighted by Gasteiger charge is -2.41. The van der Waals surface area contributed by atoms with Gasteiger partial charge in [-0.2, -0.15) is 0 Å². The van der Waals surface area contributed by atoms with Gasteiger partial charge in [-0.25, -0.2) is 23.2 Å². The monoisotopic (exact) mass is 527 g/mol. The number of fused-ring (bicyclic) bond motifs is 1. The Morgan fingerprint density at radius 3 is 2.59 bits per heavy atom. The zero-order chi connectivity index (χ0) is 26.4. The molecule has 0 spiro atoms. The SMILES string of the molecule is CCC1COCCN1c1cc(C2(S(C)(=O)=O)CCN(C(=O)O)CC2)cc(-c2ccc3[nH]c(C)cc3n2)n1. The number of ether oxygens (including phenoxy) is 1. The van der Waals surface area contributed by atoms with Crippen molar-refractivity contribution in [2.24, 2.45) is 0 Å². The number of carboxylic acid groups (broad SMARTS) is 1. The Morgan fingerprint density at radius 1 is 1.16 bits per heavy atom. The minimum Gasteiger partial charge on any atom is -0.465 e. The molecule has 37 heavy (non-hydrogen) atoms. The normalized spacial score (nSPS) is 20.4. The minimum atomic E-state index is -3.60. The highest BCUT2D eigenvalue weighted by atomic mass is 32.2. The summed E-state index contributed by atoms with van der Waals surface area (Å²) in [5, 5.41) is 9.47. The fourth-order valence-corrected chi connectivity index (χ4v) is 7.04. The van der Waals surface area contributed by atoms with Crippen molar-refractivity contribution in [3.05, 3.63) is 41.6 Å². The van der Waals surface area contributed by atoms with Gasteiger partial charge in [0.25, 0.3) is 0 Å². The molecular weight excluding hydrogens is 494 g/mol. The fourth-order valence-electron chi connectivity index (χ4n) is 5.57. The third-order valence-corrected chi connectivity index (χ3v) is 9.82. The Morgan fingerprint density at radius 2 is 1.92 bits per heavy atom. The first-order chi connectivity index (χ1) is 17.6. The summed E-state index contributed by atoms with van der Waals surface area (Å²) < 4.78 is 31.2. The lowest BCUT2D eigenvalue weighted by Crippen LogP contribution is -2.49. The van der Waals surface area contributed by atoms with Crippen molar-refractivity contribution >= 4 is 32.8 Å². The molecule has 2 saturated heterocycles. The molecule has 10 nitrogen and oxygen atoms in total. The quantitative estimate of drug-likeness (QED) is 0.515. The van der Waals surface area contributed by atoms with Gasteiger partial charge in [0.05, 0.1) is 41.7 Å². The van der Waals surface area contributed by atoms with Gasteiger partial charge in [0.1, 0.15) is 10.6 Å². The predicted octanol–water partition coefficient (Wildman–Crippen LogP) is 3.56. The smallest absolute Gasteiger partial charge is 0.407 e. The van der Waals surface area contributed by atoms with Gasteiger partial charge in [-0.3, -0.25) is 0 Å². The zero-order valence-electron chi connectivity index (χ0n) is 21.4. The number of anilines is 1. The van der Waals surface area contributed by atoms with Crippen molar-refractivity contribution < 1.29 is 23.1 Å². The van der Waals surface area contributed by atoms with E-state index >= 15 is 0 Å². The Kier molecular flexibility index (Phi) is 6.61. The van der Waals surface area contributed by atoms with Crippen molar-refractivity contribution in [2.75, 3.05) is 44.0 Å². The van der Waals surface area contributed by atoms with Crippen molar-refractivity contribution in [1.82, 2.24) is 19.9 Å². The summed E-state index contributed by atoms with van der Waals surface area (Å²) in [5.74, 6) is 0.693. The molecule has 0 radical (unpaired) electrons. The lowest BCUT2D eigenvalue weighted by atomic mass is 9.88. The molecule has 1 atom stereocenters. The van der Waals surface area contributed by atoms with Crippen LogP contribution in [0.2, 0.25) is 0 Å². The number of hydrogen-bond acceptors (Lipinski definition) is 7. The predicted molar refractivity (Wildman–Crippen MR) is 142 cm³/mol. The van der Waals surface area contributed by atoms with Crippen molar-refractivity contribution in [1.29, 1.82) is 0 Å². The van der Waals surface area contributed by atoms with Gasteiger partial charge in [-0.15, -0.1) is 0 Å². The van der Waals surface area contributed by atoms with Gasteiger partial charge >= 0.3 is 6.09 Å². The highest BCUT2D eigenvalue weighted by Crippen LogP contribution is 2.42. The van der Waals surface area contributed by atoms with E-state index in [-0.39, 0.29) is 32.0 Å². The van der Waals surface area contributed by atoms with Crippen LogP contribution in [0.3, 0.4) is 0 Å². The number of piperidine rings is 1. The van der Waals surface area contributed by atoms with Crippen LogP contribution < -0.4 is 4.90 Å². The Labute approximate surface area is 216 Å². The topological polar surface area (TPSA) is 129 Å². The summed E-state index contributed by atoms with van der Waals surface area (Å²) in [6.07, 6.45) is 1.45. The number of aromatic amines is 1. The van der Waals surface area contributed by atoms with Crippen LogP contribution in [0, 0.1) is 6.92 Å². The molecule has 0 bridgehead atoms. The van der Waals surface area contributed by atoms with E-state index in [0.717, 1.165) is 23.1 Å². The molecule has 2 N–H and O–H groups in total. The summed E-state index contributed by atoms with van der Waals surface area (Å²) in [7, 11) is -3.60. The number of carbonyl (C=O) groups is 1. The van der Waals surface area contributed by atoms with Gasteiger partial charge in [0, 0.05) is 31.6 Å². The number of nitrogens with one attached hydrogen (secondary N) is 1. The van der Waals surface area contributed by atoms with Crippen molar-refractivity contribution in [2.45, 2.75) is 43.9 Å². The molecule has 2 fully saturated rings. The van der Waals surface area contributed by atoms with Crippen LogP contribution in [0.1, 0.15) is 37.4 Å². The van der Waals surface area contributed by atoms with Crippen LogP contribution in [0.4, 0.5) is 10.6 Å². The number of pyridine rings is 2. The maximum atomic E-state index is 13.4. The number of aromatic nitrogens is 3. The summed E-state index contributed by atoms with van der Waals surface area (Å²) in [4.78, 5) is 28.1. The standard InChI is InChI=1S/C26H33N5O5S/c1-4-19-16-36-12-11-31(19)24-15-18(26(37(3,34)35)7-9-30(10-8-26)25(32)33)14-23(29-24)21-6-5-20-22(28-21)13-17(2)27-20/h5-6,13-15,19,27H,4,7-12,16H2,1-3H3,(H,32,33). The van der Waals surface area contributed by atoms with Crippen molar-refractivity contribution in [3.8, 4) is 11.4 Å². The summed E-state index contributed by atoms with van der Waals surface area (Å²) in [6.45, 7) is 6.16. The molecule has 2 aliphatic rings. The number of rotatable bonds is 5. The number of H-pyrrole nitrogens is 1. The summed E-state index contributed by atoms with van der Waals surface area (Å²) >= 11 is 0. The number of likely N-dealkylation sites (tertiary alicyclic amines) is 1. The summed E-state index contributed by atoms with van der Waals surface area (Å²) in [5.41, 5.74) is 4.62. The van der Waals surface area contributed by atoms with Crippen molar-refractivity contribution in [3.63, 3.8) is 0 Å². The maximum absolute atomic E-state index is 13.4. The van der Waals surface area contributed by atoms with Gasteiger partial charge in [0.2, 0.25) is 0 Å². The molecular formula is C26H33N5O5S. The third-order valence-electron chi connectivity index (χ3n) is 7.75. The average Bonchev–Trinajstić information content (AvgIpc) is 3.27. The zero-order valence-corrected chi connectivity index (χ0v) is 22.2. The molecule has 0 aliphatic carbocycles. The van der Waals surface area contributed by atoms with Crippen LogP contribution in [-0.2, 0) is 19.3 Å². The highest BCUT2D eigenvalue weighted by Gasteiger charge is 2.46. The van der Waals surface area contributed by atoms with Crippen LogP contribution in [0.15, 0.2) is 30.3 Å².